The van der Waals surface area contributed by atoms with Crippen LogP contribution in [0.3, 0.4) is 0 Å². The highest BCUT2D eigenvalue weighted by Gasteiger charge is 2.07. The first-order valence-electron chi connectivity index (χ1n) is 5.23. The number of amides is 1. The molecular weight excluding hydrogens is 239 g/mol. The molecule has 1 rings (SSSR count). The summed E-state index contributed by atoms with van der Waals surface area (Å²) in [4.78, 5) is 11.4. The third-order valence-electron chi connectivity index (χ3n) is 2.04. The fraction of sp³-hybridized carbons (Fsp3) is 0.333. The summed E-state index contributed by atoms with van der Waals surface area (Å²) in [6, 6.07) is 5.62. The third kappa shape index (κ3) is 4.49. The Morgan fingerprint density at radius 3 is 2.89 bits per heavy atom. The monoisotopic (exact) mass is 252 g/mol. The molecule has 0 radical (unpaired) electrons. The number of halogens is 1. The molecule has 6 heteroatoms. The Balaban J connectivity index is 2.47. The Bertz CT molecular complexity index is 457. The van der Waals surface area contributed by atoms with Gasteiger partial charge < -0.3 is 14.8 Å². The van der Waals surface area contributed by atoms with Gasteiger partial charge in [0.05, 0.1) is 30.5 Å². The van der Waals surface area contributed by atoms with Gasteiger partial charge in [-0.05, 0) is 18.2 Å². The van der Waals surface area contributed by atoms with E-state index < -0.39 is 11.7 Å². The molecule has 1 amide bonds. The molecule has 18 heavy (non-hydrogen) atoms. The van der Waals surface area contributed by atoms with Crippen LogP contribution in [0.2, 0.25) is 0 Å². The van der Waals surface area contributed by atoms with E-state index in [4.69, 9.17) is 14.7 Å². The first-order valence-corrected chi connectivity index (χ1v) is 5.23. The number of hydrogen-bond acceptors (Lipinski definition) is 4. The Kier molecular flexibility index (Phi) is 5.77. The molecule has 0 heterocycles. The molecule has 0 aliphatic heterocycles. The van der Waals surface area contributed by atoms with Gasteiger partial charge in [0, 0.05) is 7.11 Å². The van der Waals surface area contributed by atoms with Crippen molar-refractivity contribution in [3.05, 3.63) is 29.6 Å². The van der Waals surface area contributed by atoms with Gasteiger partial charge in [0.1, 0.15) is 12.4 Å². The van der Waals surface area contributed by atoms with Crippen molar-refractivity contribution < 1.29 is 18.7 Å². The molecule has 5 nitrogen and oxygen atoms in total. The van der Waals surface area contributed by atoms with Crippen molar-refractivity contribution in [3.8, 4) is 6.07 Å². The zero-order valence-electron chi connectivity index (χ0n) is 9.90. The van der Waals surface area contributed by atoms with Crippen molar-refractivity contribution in [2.24, 2.45) is 0 Å². The molecular formula is C12H13FN2O3. The maximum atomic E-state index is 13.4. The number of nitrogens with zero attached hydrogens (tertiary/aromatic N) is 1. The predicted molar refractivity (Wildman–Crippen MR) is 62.4 cm³/mol. The van der Waals surface area contributed by atoms with Gasteiger partial charge >= 0.3 is 0 Å². The van der Waals surface area contributed by atoms with Gasteiger partial charge in [0.25, 0.3) is 0 Å². The van der Waals surface area contributed by atoms with Gasteiger partial charge in [-0.1, -0.05) is 0 Å². The number of rotatable bonds is 6. The number of ether oxygens (including phenoxy) is 2. The number of benzene rings is 1. The van der Waals surface area contributed by atoms with Crippen LogP contribution >= 0.6 is 0 Å². The summed E-state index contributed by atoms with van der Waals surface area (Å²) in [6.07, 6.45) is 0. The lowest BCUT2D eigenvalue weighted by Crippen LogP contribution is -2.20. The molecule has 96 valence electrons. The standard InChI is InChI=1S/C12H13FN2O3/c1-17-4-5-18-8-12(16)15-11-3-2-9(7-14)6-10(11)13/h2-3,6H,4-5,8H2,1H3,(H,15,16). The zero-order valence-corrected chi connectivity index (χ0v) is 9.90. The summed E-state index contributed by atoms with van der Waals surface area (Å²) >= 11 is 0. The quantitative estimate of drug-likeness (QED) is 0.774. The van der Waals surface area contributed by atoms with E-state index in [1.807, 2.05) is 0 Å². The molecule has 0 aliphatic carbocycles. The van der Waals surface area contributed by atoms with Crippen LogP contribution in [0.15, 0.2) is 18.2 Å². The van der Waals surface area contributed by atoms with E-state index >= 15 is 0 Å². The van der Waals surface area contributed by atoms with E-state index in [1.165, 1.54) is 19.2 Å². The molecule has 0 atom stereocenters. The number of carbonyl (C=O) groups excluding carboxylic acids is 1. The Morgan fingerprint density at radius 1 is 1.50 bits per heavy atom. The lowest BCUT2D eigenvalue weighted by molar-refractivity contribution is -0.121. The summed E-state index contributed by atoms with van der Waals surface area (Å²) in [5, 5.41) is 10.9. The maximum Gasteiger partial charge on any atom is 0.250 e. The van der Waals surface area contributed by atoms with Gasteiger partial charge in [-0.25, -0.2) is 4.39 Å². The fourth-order valence-corrected chi connectivity index (χ4v) is 1.18. The van der Waals surface area contributed by atoms with Gasteiger partial charge in [0.2, 0.25) is 5.91 Å². The number of methoxy groups -OCH3 is 1. The molecule has 0 saturated carbocycles. The first-order chi connectivity index (χ1) is 8.67. The second-order valence-corrected chi connectivity index (χ2v) is 3.40. The van der Waals surface area contributed by atoms with Crippen LogP contribution in [-0.4, -0.2) is 32.8 Å². The third-order valence-corrected chi connectivity index (χ3v) is 2.04. The highest BCUT2D eigenvalue weighted by atomic mass is 19.1. The van der Waals surface area contributed by atoms with E-state index in [0.29, 0.717) is 13.2 Å². The lowest BCUT2D eigenvalue weighted by atomic mass is 10.2. The van der Waals surface area contributed by atoms with E-state index in [2.05, 4.69) is 5.32 Å². The number of carbonyl (C=O) groups is 1. The van der Waals surface area contributed by atoms with Crippen molar-refractivity contribution in [1.29, 1.82) is 5.26 Å². The Labute approximate surface area is 104 Å². The second-order valence-electron chi connectivity index (χ2n) is 3.40. The summed E-state index contributed by atoms with van der Waals surface area (Å²) in [6.45, 7) is 0.501. The van der Waals surface area contributed by atoms with Gasteiger partial charge in [-0.3, -0.25) is 4.79 Å². The molecule has 1 aromatic carbocycles. The topological polar surface area (TPSA) is 71.3 Å². The van der Waals surface area contributed by atoms with Crippen LogP contribution in [0.1, 0.15) is 5.56 Å². The van der Waals surface area contributed by atoms with E-state index in [0.717, 1.165) is 6.07 Å². The SMILES string of the molecule is COCCOCC(=O)Nc1ccc(C#N)cc1F. The maximum absolute atomic E-state index is 13.4. The molecule has 0 spiro atoms. The molecule has 0 aromatic heterocycles. The molecule has 1 aromatic rings. The molecule has 0 bridgehead atoms. The van der Waals surface area contributed by atoms with Gasteiger partial charge in [0.15, 0.2) is 0 Å². The van der Waals surface area contributed by atoms with Crippen molar-refractivity contribution in [1.82, 2.24) is 0 Å². The highest BCUT2D eigenvalue weighted by Crippen LogP contribution is 2.15. The summed E-state index contributed by atoms with van der Waals surface area (Å²) in [5.41, 5.74) is 0.219. The largest absolute Gasteiger partial charge is 0.382 e. The smallest absolute Gasteiger partial charge is 0.250 e. The van der Waals surface area contributed by atoms with Crippen LogP contribution in [0, 0.1) is 17.1 Å². The molecule has 0 saturated heterocycles. The summed E-state index contributed by atoms with van der Waals surface area (Å²) in [7, 11) is 1.52. The fourth-order valence-electron chi connectivity index (χ4n) is 1.18. The average Bonchev–Trinajstić information content (AvgIpc) is 2.37. The molecule has 0 aliphatic rings. The molecule has 0 unspecified atom stereocenters. The van der Waals surface area contributed by atoms with Crippen LogP contribution in [-0.2, 0) is 14.3 Å². The first kappa shape index (κ1) is 14.1. The minimum Gasteiger partial charge on any atom is -0.382 e. The van der Waals surface area contributed by atoms with E-state index in [-0.39, 0.29) is 17.9 Å². The highest BCUT2D eigenvalue weighted by molar-refractivity contribution is 5.91. The van der Waals surface area contributed by atoms with Crippen molar-refractivity contribution in [3.63, 3.8) is 0 Å². The number of anilines is 1. The van der Waals surface area contributed by atoms with Crippen LogP contribution < -0.4 is 5.32 Å². The van der Waals surface area contributed by atoms with Crippen molar-refractivity contribution in [2.45, 2.75) is 0 Å². The van der Waals surface area contributed by atoms with Crippen LogP contribution in [0.25, 0.3) is 0 Å². The van der Waals surface area contributed by atoms with E-state index in [9.17, 15) is 9.18 Å². The second kappa shape index (κ2) is 7.37. The number of nitriles is 1. The normalized spacial score (nSPS) is 9.83. The predicted octanol–water partition coefficient (Wildman–Crippen LogP) is 1.30. The minimum atomic E-state index is -0.653. The summed E-state index contributed by atoms with van der Waals surface area (Å²) in [5.74, 6) is -1.12. The Hall–Kier alpha value is -1.97. The number of nitrogens with one attached hydrogen (secondary N) is 1. The lowest BCUT2D eigenvalue weighted by Gasteiger charge is -2.07. The summed E-state index contributed by atoms with van der Waals surface area (Å²) < 4.78 is 23.1. The van der Waals surface area contributed by atoms with Crippen LogP contribution in [0.4, 0.5) is 10.1 Å². The van der Waals surface area contributed by atoms with Crippen molar-refractivity contribution >= 4 is 11.6 Å². The average molecular weight is 252 g/mol. The van der Waals surface area contributed by atoms with Gasteiger partial charge in [-0.15, -0.1) is 0 Å². The van der Waals surface area contributed by atoms with Crippen LogP contribution in [0.5, 0.6) is 0 Å². The van der Waals surface area contributed by atoms with E-state index in [1.54, 1.807) is 6.07 Å². The van der Waals surface area contributed by atoms with Gasteiger partial charge in [-0.2, -0.15) is 5.26 Å². The number of hydrogen-bond donors (Lipinski definition) is 1. The Morgan fingerprint density at radius 2 is 2.28 bits per heavy atom. The zero-order chi connectivity index (χ0) is 13.4. The minimum absolute atomic E-state index is 0.0225. The molecule has 1 N–H and O–H groups in total. The van der Waals surface area contributed by atoms with Crippen molar-refractivity contribution in [2.75, 3.05) is 32.2 Å². The molecule has 0 fully saturated rings.